The van der Waals surface area contributed by atoms with E-state index in [0.29, 0.717) is 11.4 Å². The van der Waals surface area contributed by atoms with Gasteiger partial charge in [0.05, 0.1) is 0 Å². The molecule has 0 bridgehead atoms. The molecule has 1 aromatic heterocycles. The Bertz CT molecular complexity index is 896. The van der Waals surface area contributed by atoms with Gasteiger partial charge in [0, 0.05) is 28.9 Å². The predicted molar refractivity (Wildman–Crippen MR) is 105 cm³/mol. The Morgan fingerprint density at radius 2 is 1.81 bits per heavy atom. The summed E-state index contributed by atoms with van der Waals surface area (Å²) in [7, 11) is 0. The fraction of sp³-hybridized carbons (Fsp3) is 0.150. The highest BCUT2D eigenvalue weighted by Crippen LogP contribution is 2.17. The summed E-state index contributed by atoms with van der Waals surface area (Å²) in [6, 6.07) is 16.9. The lowest BCUT2D eigenvalue weighted by Crippen LogP contribution is -2.07. The first kappa shape index (κ1) is 17.9. The van der Waals surface area contributed by atoms with E-state index in [1.807, 2.05) is 42.5 Å². The minimum absolute atomic E-state index is 0.0461. The Labute approximate surface area is 157 Å². The van der Waals surface area contributed by atoms with E-state index in [0.717, 1.165) is 29.5 Å². The van der Waals surface area contributed by atoms with Crippen molar-refractivity contribution in [2.75, 3.05) is 17.2 Å². The lowest BCUT2D eigenvalue weighted by Gasteiger charge is -2.09. The van der Waals surface area contributed by atoms with Crippen molar-refractivity contribution in [1.82, 2.24) is 9.97 Å². The number of carbonyl (C=O) groups excluding carboxylic acids is 1. The number of hydrogen-bond donors (Lipinski definition) is 2. The highest BCUT2D eigenvalue weighted by Gasteiger charge is 2.02. The van der Waals surface area contributed by atoms with Crippen molar-refractivity contribution in [1.29, 1.82) is 0 Å². The highest BCUT2D eigenvalue weighted by molar-refractivity contribution is 6.30. The fourth-order valence-corrected chi connectivity index (χ4v) is 2.70. The maximum Gasteiger partial charge on any atom is 0.159 e. The lowest BCUT2D eigenvalue weighted by molar-refractivity contribution is 0.101. The number of nitrogens with one attached hydrogen (secondary N) is 2. The number of halogens is 1. The van der Waals surface area contributed by atoms with Crippen molar-refractivity contribution in [3.63, 3.8) is 0 Å². The van der Waals surface area contributed by atoms with E-state index in [4.69, 9.17) is 11.6 Å². The summed E-state index contributed by atoms with van der Waals surface area (Å²) in [6.45, 7) is 2.29. The van der Waals surface area contributed by atoms with Crippen molar-refractivity contribution in [3.05, 3.63) is 77.1 Å². The third-order valence-corrected chi connectivity index (χ3v) is 4.07. The molecule has 0 spiro atoms. The van der Waals surface area contributed by atoms with Crippen molar-refractivity contribution in [3.8, 4) is 0 Å². The smallest absolute Gasteiger partial charge is 0.159 e. The van der Waals surface area contributed by atoms with Crippen LogP contribution < -0.4 is 10.6 Å². The normalized spacial score (nSPS) is 10.4. The number of hydrogen-bond acceptors (Lipinski definition) is 5. The summed E-state index contributed by atoms with van der Waals surface area (Å²) >= 11 is 6.00. The third-order valence-electron chi connectivity index (χ3n) is 3.84. The highest BCUT2D eigenvalue weighted by atomic mass is 35.5. The van der Waals surface area contributed by atoms with Crippen LogP contribution in [0, 0.1) is 0 Å². The second-order valence-electron chi connectivity index (χ2n) is 5.85. The largest absolute Gasteiger partial charge is 0.370 e. The summed E-state index contributed by atoms with van der Waals surface area (Å²) in [6.07, 6.45) is 2.35. The van der Waals surface area contributed by atoms with E-state index < -0.39 is 0 Å². The molecule has 5 nitrogen and oxygen atoms in total. The minimum atomic E-state index is 0.0461. The molecule has 3 aromatic rings. The molecule has 0 aliphatic heterocycles. The van der Waals surface area contributed by atoms with E-state index in [2.05, 4.69) is 20.6 Å². The summed E-state index contributed by atoms with van der Waals surface area (Å²) < 4.78 is 0. The number of benzene rings is 2. The Morgan fingerprint density at radius 1 is 1.04 bits per heavy atom. The number of rotatable bonds is 7. The second-order valence-corrected chi connectivity index (χ2v) is 6.29. The van der Waals surface area contributed by atoms with Gasteiger partial charge in [-0.2, -0.15) is 0 Å². The van der Waals surface area contributed by atoms with Crippen LogP contribution in [0.1, 0.15) is 22.8 Å². The second kappa shape index (κ2) is 8.45. The number of carbonyl (C=O) groups is 1. The number of nitrogens with zero attached hydrogens (tertiary/aromatic N) is 2. The summed E-state index contributed by atoms with van der Waals surface area (Å²) in [5.41, 5.74) is 2.71. The quantitative estimate of drug-likeness (QED) is 0.591. The average molecular weight is 367 g/mol. The van der Waals surface area contributed by atoms with Crippen LogP contribution in [-0.2, 0) is 6.42 Å². The molecule has 0 fully saturated rings. The number of ketones is 1. The molecule has 26 heavy (non-hydrogen) atoms. The van der Waals surface area contributed by atoms with E-state index >= 15 is 0 Å². The molecule has 3 rings (SSSR count). The van der Waals surface area contributed by atoms with Crippen LogP contribution in [0.4, 0.5) is 17.3 Å². The molecule has 0 aliphatic rings. The monoisotopic (exact) mass is 366 g/mol. The SMILES string of the molecule is CC(=O)c1ccc(Nc2cc(NCCc3cccc(Cl)c3)ncn2)cc1. The van der Waals surface area contributed by atoms with Crippen LogP contribution in [0.25, 0.3) is 0 Å². The van der Waals surface area contributed by atoms with Crippen LogP contribution in [0.2, 0.25) is 5.02 Å². The topological polar surface area (TPSA) is 66.9 Å². The molecule has 0 unspecified atom stereocenters. The Kier molecular flexibility index (Phi) is 5.81. The van der Waals surface area contributed by atoms with Crippen molar-refractivity contribution < 1.29 is 4.79 Å². The van der Waals surface area contributed by atoms with Gasteiger partial charge in [-0.15, -0.1) is 0 Å². The van der Waals surface area contributed by atoms with Crippen LogP contribution in [0.3, 0.4) is 0 Å². The molecule has 0 atom stereocenters. The molecule has 1 heterocycles. The van der Waals surface area contributed by atoms with Gasteiger partial charge in [0.1, 0.15) is 18.0 Å². The molecular formula is C20H19ClN4O. The number of aromatic nitrogens is 2. The third kappa shape index (κ3) is 5.04. The fourth-order valence-electron chi connectivity index (χ4n) is 2.49. The summed E-state index contributed by atoms with van der Waals surface area (Å²) in [5.74, 6) is 1.47. The maximum absolute atomic E-state index is 11.3. The van der Waals surface area contributed by atoms with Gasteiger partial charge in [-0.1, -0.05) is 23.7 Å². The zero-order valence-electron chi connectivity index (χ0n) is 14.4. The first-order valence-electron chi connectivity index (χ1n) is 8.28. The van der Waals surface area contributed by atoms with E-state index in [1.54, 1.807) is 19.1 Å². The van der Waals surface area contributed by atoms with Gasteiger partial charge in [0.15, 0.2) is 5.78 Å². The van der Waals surface area contributed by atoms with Crippen molar-refractivity contribution >= 4 is 34.7 Å². The molecular weight excluding hydrogens is 348 g/mol. The minimum Gasteiger partial charge on any atom is -0.370 e. The Hall–Kier alpha value is -2.92. The molecule has 0 aliphatic carbocycles. The first-order chi connectivity index (χ1) is 12.6. The van der Waals surface area contributed by atoms with Crippen LogP contribution in [0.15, 0.2) is 60.9 Å². The standard InChI is InChI=1S/C20H19ClN4O/c1-14(26)16-5-7-18(8-6-16)25-20-12-19(23-13-24-20)22-10-9-15-3-2-4-17(21)11-15/h2-8,11-13H,9-10H2,1H3,(H2,22,23,24,25). The van der Waals surface area contributed by atoms with Gasteiger partial charge in [0.25, 0.3) is 0 Å². The maximum atomic E-state index is 11.3. The van der Waals surface area contributed by atoms with Crippen LogP contribution in [-0.4, -0.2) is 22.3 Å². The van der Waals surface area contributed by atoms with Gasteiger partial charge in [-0.05, 0) is 55.3 Å². The van der Waals surface area contributed by atoms with E-state index in [1.165, 1.54) is 11.9 Å². The van der Waals surface area contributed by atoms with Crippen LogP contribution in [0.5, 0.6) is 0 Å². The van der Waals surface area contributed by atoms with E-state index in [-0.39, 0.29) is 5.78 Å². The zero-order valence-corrected chi connectivity index (χ0v) is 15.1. The summed E-state index contributed by atoms with van der Waals surface area (Å²) in [4.78, 5) is 19.8. The van der Waals surface area contributed by atoms with Crippen molar-refractivity contribution in [2.24, 2.45) is 0 Å². The molecule has 0 amide bonds. The first-order valence-corrected chi connectivity index (χ1v) is 8.66. The lowest BCUT2D eigenvalue weighted by atomic mass is 10.1. The van der Waals surface area contributed by atoms with Gasteiger partial charge < -0.3 is 10.6 Å². The zero-order chi connectivity index (χ0) is 18.4. The molecule has 0 radical (unpaired) electrons. The van der Waals surface area contributed by atoms with Gasteiger partial charge in [0.2, 0.25) is 0 Å². The van der Waals surface area contributed by atoms with Crippen LogP contribution >= 0.6 is 11.6 Å². The molecule has 2 aromatic carbocycles. The number of Topliss-reactive ketones (excluding diaryl/α,β-unsaturated/α-hetero) is 1. The van der Waals surface area contributed by atoms with Gasteiger partial charge in [-0.3, -0.25) is 4.79 Å². The van der Waals surface area contributed by atoms with Gasteiger partial charge >= 0.3 is 0 Å². The predicted octanol–water partition coefficient (Wildman–Crippen LogP) is 4.73. The Balaban J connectivity index is 1.58. The van der Waals surface area contributed by atoms with Crippen molar-refractivity contribution in [2.45, 2.75) is 13.3 Å². The molecule has 0 saturated carbocycles. The van der Waals surface area contributed by atoms with Gasteiger partial charge in [-0.25, -0.2) is 9.97 Å². The molecule has 132 valence electrons. The summed E-state index contributed by atoms with van der Waals surface area (Å²) in [5, 5.41) is 7.23. The molecule has 6 heteroatoms. The average Bonchev–Trinajstić information content (AvgIpc) is 2.63. The molecule has 0 saturated heterocycles. The Morgan fingerprint density at radius 3 is 2.54 bits per heavy atom. The van der Waals surface area contributed by atoms with E-state index in [9.17, 15) is 4.79 Å². The number of anilines is 3. The molecule has 2 N–H and O–H groups in total.